The third-order valence-corrected chi connectivity index (χ3v) is 4.19. The second-order valence-electron chi connectivity index (χ2n) is 3.91. The van der Waals surface area contributed by atoms with Crippen molar-refractivity contribution < 1.29 is 17.5 Å². The summed E-state index contributed by atoms with van der Waals surface area (Å²) in [7, 11) is -2.35. The number of sulfonamides is 1. The Morgan fingerprint density at radius 1 is 1.20 bits per heavy atom. The zero-order chi connectivity index (χ0) is 14.8. The first-order valence-corrected chi connectivity index (χ1v) is 7.40. The van der Waals surface area contributed by atoms with Gasteiger partial charge in [0.1, 0.15) is 11.6 Å². The fourth-order valence-electron chi connectivity index (χ4n) is 1.54. The molecule has 0 radical (unpaired) electrons. The summed E-state index contributed by atoms with van der Waals surface area (Å²) < 4.78 is 44.7. The van der Waals surface area contributed by atoms with Crippen LogP contribution in [-0.2, 0) is 10.0 Å². The third kappa shape index (κ3) is 3.20. The summed E-state index contributed by atoms with van der Waals surface area (Å²) in [4.78, 5) is -0.119. The Morgan fingerprint density at radius 2 is 1.95 bits per heavy atom. The molecule has 1 N–H and O–H groups in total. The predicted octanol–water partition coefficient (Wildman–Crippen LogP) is 3.29. The van der Waals surface area contributed by atoms with Gasteiger partial charge >= 0.3 is 0 Å². The number of anilines is 1. The van der Waals surface area contributed by atoms with E-state index in [1.54, 1.807) is 18.2 Å². The molecule has 0 aromatic heterocycles. The molecule has 0 saturated heterocycles. The van der Waals surface area contributed by atoms with Gasteiger partial charge in [0.05, 0.1) is 22.7 Å². The molecular formula is C13H11ClFNO3S. The van der Waals surface area contributed by atoms with E-state index >= 15 is 0 Å². The van der Waals surface area contributed by atoms with Crippen LogP contribution in [0.3, 0.4) is 0 Å². The van der Waals surface area contributed by atoms with Gasteiger partial charge in [-0.25, -0.2) is 12.8 Å². The number of benzene rings is 2. The van der Waals surface area contributed by atoms with Crippen molar-refractivity contribution >= 4 is 27.3 Å². The molecule has 4 nitrogen and oxygen atoms in total. The van der Waals surface area contributed by atoms with Crippen molar-refractivity contribution in [2.24, 2.45) is 0 Å². The molecule has 20 heavy (non-hydrogen) atoms. The highest BCUT2D eigenvalue weighted by molar-refractivity contribution is 7.92. The standard InChI is InChI=1S/C13H11ClFNO3S/c1-19-10-4-2-3-9(7-10)16-20(17,18)11-5-6-13(15)12(14)8-11/h2-8,16H,1H3. The minimum Gasteiger partial charge on any atom is -0.497 e. The van der Waals surface area contributed by atoms with Crippen molar-refractivity contribution in [3.63, 3.8) is 0 Å². The van der Waals surface area contributed by atoms with Crippen molar-refractivity contribution in [1.82, 2.24) is 0 Å². The maximum Gasteiger partial charge on any atom is 0.261 e. The molecule has 0 aliphatic carbocycles. The summed E-state index contributed by atoms with van der Waals surface area (Å²) in [6, 6.07) is 9.64. The summed E-state index contributed by atoms with van der Waals surface area (Å²) in [5.74, 6) is -0.158. The highest BCUT2D eigenvalue weighted by atomic mass is 35.5. The van der Waals surface area contributed by atoms with Crippen LogP contribution in [0.4, 0.5) is 10.1 Å². The van der Waals surface area contributed by atoms with Gasteiger partial charge in [0.2, 0.25) is 0 Å². The number of ether oxygens (including phenoxy) is 1. The van der Waals surface area contributed by atoms with Gasteiger partial charge in [-0.3, -0.25) is 4.72 Å². The lowest BCUT2D eigenvalue weighted by Crippen LogP contribution is -2.13. The number of halogens is 2. The van der Waals surface area contributed by atoms with Gasteiger partial charge in [-0.1, -0.05) is 17.7 Å². The molecule has 7 heteroatoms. The van der Waals surface area contributed by atoms with Gasteiger partial charge in [0, 0.05) is 6.07 Å². The molecule has 0 bridgehead atoms. The van der Waals surface area contributed by atoms with Crippen molar-refractivity contribution in [3.8, 4) is 5.75 Å². The Hall–Kier alpha value is -1.79. The van der Waals surface area contributed by atoms with E-state index in [1.165, 1.54) is 13.2 Å². The highest BCUT2D eigenvalue weighted by Crippen LogP contribution is 2.23. The molecule has 106 valence electrons. The lowest BCUT2D eigenvalue weighted by molar-refractivity contribution is 0.415. The van der Waals surface area contributed by atoms with Crippen LogP contribution in [-0.4, -0.2) is 15.5 Å². The Labute approximate surface area is 121 Å². The molecular weight excluding hydrogens is 305 g/mol. The van der Waals surface area contributed by atoms with E-state index in [0.29, 0.717) is 11.4 Å². The third-order valence-electron chi connectivity index (χ3n) is 2.52. The Morgan fingerprint density at radius 3 is 2.60 bits per heavy atom. The lowest BCUT2D eigenvalue weighted by atomic mass is 10.3. The van der Waals surface area contributed by atoms with Crippen molar-refractivity contribution in [2.45, 2.75) is 4.90 Å². The first-order chi connectivity index (χ1) is 9.42. The van der Waals surface area contributed by atoms with Crippen LogP contribution in [0.15, 0.2) is 47.4 Å². The summed E-state index contributed by atoms with van der Waals surface area (Å²) in [6.07, 6.45) is 0. The average molecular weight is 316 g/mol. The molecule has 0 aliphatic rings. The number of hydrogen-bond donors (Lipinski definition) is 1. The number of rotatable bonds is 4. The lowest BCUT2D eigenvalue weighted by Gasteiger charge is -2.09. The Balaban J connectivity index is 2.32. The van der Waals surface area contributed by atoms with Crippen LogP contribution in [0.25, 0.3) is 0 Å². The molecule has 0 heterocycles. The Kier molecular flexibility index (Phi) is 4.15. The SMILES string of the molecule is COc1cccc(NS(=O)(=O)c2ccc(F)c(Cl)c2)c1. The van der Waals surface area contributed by atoms with E-state index in [1.807, 2.05) is 0 Å². The zero-order valence-electron chi connectivity index (χ0n) is 10.4. The van der Waals surface area contributed by atoms with Gasteiger partial charge in [0.25, 0.3) is 10.0 Å². The first kappa shape index (κ1) is 14.6. The predicted molar refractivity (Wildman–Crippen MR) is 75.2 cm³/mol. The van der Waals surface area contributed by atoms with Gasteiger partial charge in [-0.05, 0) is 30.3 Å². The van der Waals surface area contributed by atoms with Crippen LogP contribution in [0, 0.1) is 5.82 Å². The number of methoxy groups -OCH3 is 1. The molecule has 0 unspecified atom stereocenters. The van der Waals surface area contributed by atoms with Crippen molar-refractivity contribution in [1.29, 1.82) is 0 Å². The fraction of sp³-hybridized carbons (Fsp3) is 0.0769. The maximum atomic E-state index is 13.0. The number of nitrogens with one attached hydrogen (secondary N) is 1. The van der Waals surface area contributed by atoms with Gasteiger partial charge in [-0.15, -0.1) is 0 Å². The Bertz CT molecular complexity index is 734. The van der Waals surface area contributed by atoms with Gasteiger partial charge < -0.3 is 4.74 Å². The molecule has 0 spiro atoms. The highest BCUT2D eigenvalue weighted by Gasteiger charge is 2.16. The van der Waals surface area contributed by atoms with E-state index < -0.39 is 15.8 Å². The van der Waals surface area contributed by atoms with Crippen molar-refractivity contribution in [3.05, 3.63) is 53.3 Å². The largest absolute Gasteiger partial charge is 0.497 e. The summed E-state index contributed by atoms with van der Waals surface area (Å²) in [5.41, 5.74) is 0.338. The van der Waals surface area contributed by atoms with Crippen LogP contribution in [0.1, 0.15) is 0 Å². The molecule has 0 atom stereocenters. The molecule has 2 aromatic rings. The fourth-order valence-corrected chi connectivity index (χ4v) is 2.87. The van der Waals surface area contributed by atoms with E-state index in [2.05, 4.69) is 4.72 Å². The topological polar surface area (TPSA) is 55.4 Å². The van der Waals surface area contributed by atoms with E-state index in [-0.39, 0.29) is 9.92 Å². The number of hydrogen-bond acceptors (Lipinski definition) is 3. The molecule has 0 fully saturated rings. The monoisotopic (exact) mass is 315 g/mol. The van der Waals surface area contributed by atoms with E-state index in [9.17, 15) is 12.8 Å². The smallest absolute Gasteiger partial charge is 0.261 e. The summed E-state index contributed by atoms with van der Waals surface area (Å²) in [5, 5.41) is -0.251. The second-order valence-corrected chi connectivity index (χ2v) is 6.00. The van der Waals surface area contributed by atoms with Gasteiger partial charge in [0.15, 0.2) is 0 Å². The summed E-state index contributed by atoms with van der Waals surface area (Å²) >= 11 is 5.58. The van der Waals surface area contributed by atoms with Crippen LogP contribution in [0.5, 0.6) is 5.75 Å². The van der Waals surface area contributed by atoms with Crippen LogP contribution < -0.4 is 9.46 Å². The van der Waals surface area contributed by atoms with E-state index in [4.69, 9.17) is 16.3 Å². The summed E-state index contributed by atoms with van der Waals surface area (Å²) in [6.45, 7) is 0. The minimum atomic E-state index is -3.83. The van der Waals surface area contributed by atoms with Crippen molar-refractivity contribution in [2.75, 3.05) is 11.8 Å². The minimum absolute atomic E-state index is 0.119. The van der Waals surface area contributed by atoms with Gasteiger partial charge in [-0.2, -0.15) is 0 Å². The first-order valence-electron chi connectivity index (χ1n) is 5.54. The zero-order valence-corrected chi connectivity index (χ0v) is 12.0. The molecule has 0 aliphatic heterocycles. The molecule has 2 rings (SSSR count). The quantitative estimate of drug-likeness (QED) is 0.942. The maximum absolute atomic E-state index is 13.0. The molecule has 0 amide bonds. The normalized spacial score (nSPS) is 11.2. The van der Waals surface area contributed by atoms with Crippen LogP contribution in [0.2, 0.25) is 5.02 Å². The average Bonchev–Trinajstić information content (AvgIpc) is 2.41. The van der Waals surface area contributed by atoms with E-state index in [0.717, 1.165) is 18.2 Å². The second kappa shape index (κ2) is 5.68. The molecule has 0 saturated carbocycles. The molecule has 2 aromatic carbocycles. The van der Waals surface area contributed by atoms with Crippen LogP contribution >= 0.6 is 11.6 Å².